The average Bonchev–Trinajstić information content (AvgIpc) is 2.35. The number of anilines is 1. The third-order valence-electron chi connectivity index (χ3n) is 2.46. The van der Waals surface area contributed by atoms with Gasteiger partial charge in [-0.05, 0) is 19.1 Å². The molecular weight excluding hydrogens is 220 g/mol. The second-order valence-corrected chi connectivity index (χ2v) is 3.71. The summed E-state index contributed by atoms with van der Waals surface area (Å²) in [4.78, 5) is 11.8. The number of nitrogen functional groups attached to an aromatic ring is 1. The quantitative estimate of drug-likeness (QED) is 0.752. The summed E-state index contributed by atoms with van der Waals surface area (Å²) in [6.07, 6.45) is -0.0292. The summed E-state index contributed by atoms with van der Waals surface area (Å²) in [5, 5.41) is 2.74. The maximum atomic E-state index is 11.8. The fourth-order valence-electron chi connectivity index (χ4n) is 1.29. The molecule has 1 atom stereocenters. The van der Waals surface area contributed by atoms with Crippen molar-refractivity contribution in [3.8, 4) is 5.75 Å². The van der Waals surface area contributed by atoms with Crippen LogP contribution < -0.4 is 15.8 Å². The van der Waals surface area contributed by atoms with E-state index in [1.807, 2.05) is 6.92 Å². The largest absolute Gasteiger partial charge is 0.497 e. The molecule has 0 spiro atoms. The van der Waals surface area contributed by atoms with Crippen LogP contribution in [-0.2, 0) is 4.74 Å². The van der Waals surface area contributed by atoms with Crippen molar-refractivity contribution in [3.63, 3.8) is 0 Å². The third-order valence-corrected chi connectivity index (χ3v) is 2.46. The van der Waals surface area contributed by atoms with Gasteiger partial charge in [-0.3, -0.25) is 4.79 Å². The zero-order valence-corrected chi connectivity index (χ0v) is 10.3. The highest BCUT2D eigenvalue weighted by Crippen LogP contribution is 2.19. The van der Waals surface area contributed by atoms with E-state index in [2.05, 4.69) is 5.32 Å². The molecular formula is C12H18N2O3. The number of hydrogen-bond donors (Lipinski definition) is 2. The first-order chi connectivity index (χ1) is 8.08. The fourth-order valence-corrected chi connectivity index (χ4v) is 1.29. The average molecular weight is 238 g/mol. The first kappa shape index (κ1) is 13.3. The number of benzene rings is 1. The molecule has 0 radical (unpaired) electrons. The van der Waals surface area contributed by atoms with Gasteiger partial charge in [0.05, 0.1) is 18.8 Å². The zero-order chi connectivity index (χ0) is 12.8. The molecule has 0 fully saturated rings. The van der Waals surface area contributed by atoms with E-state index >= 15 is 0 Å². The minimum Gasteiger partial charge on any atom is -0.497 e. The molecule has 17 heavy (non-hydrogen) atoms. The Hall–Kier alpha value is -1.75. The number of carbonyl (C=O) groups excluding carboxylic acids is 1. The smallest absolute Gasteiger partial charge is 0.253 e. The van der Waals surface area contributed by atoms with Gasteiger partial charge >= 0.3 is 0 Å². The minimum absolute atomic E-state index is 0.0292. The Morgan fingerprint density at radius 1 is 1.47 bits per heavy atom. The third kappa shape index (κ3) is 3.64. The van der Waals surface area contributed by atoms with Crippen molar-refractivity contribution in [2.24, 2.45) is 0 Å². The molecule has 1 aromatic carbocycles. The number of ether oxygens (including phenoxy) is 2. The summed E-state index contributed by atoms with van der Waals surface area (Å²) >= 11 is 0. The van der Waals surface area contributed by atoms with Gasteiger partial charge < -0.3 is 20.5 Å². The first-order valence-corrected chi connectivity index (χ1v) is 5.33. The summed E-state index contributed by atoms with van der Waals surface area (Å²) in [6, 6.07) is 4.96. The van der Waals surface area contributed by atoms with Crippen LogP contribution in [0.4, 0.5) is 5.69 Å². The molecule has 0 aromatic heterocycles. The first-order valence-electron chi connectivity index (χ1n) is 5.33. The van der Waals surface area contributed by atoms with E-state index in [9.17, 15) is 4.79 Å². The van der Waals surface area contributed by atoms with Gasteiger partial charge in [-0.15, -0.1) is 0 Å². The van der Waals surface area contributed by atoms with Gasteiger partial charge in [-0.2, -0.15) is 0 Å². The van der Waals surface area contributed by atoms with Crippen LogP contribution in [0.25, 0.3) is 0 Å². The van der Waals surface area contributed by atoms with Gasteiger partial charge in [0, 0.05) is 25.4 Å². The number of hydrogen-bond acceptors (Lipinski definition) is 4. The normalized spacial score (nSPS) is 11.9. The Bertz CT molecular complexity index is 393. The lowest BCUT2D eigenvalue weighted by Gasteiger charge is -2.12. The van der Waals surface area contributed by atoms with Crippen molar-refractivity contribution in [2.45, 2.75) is 13.0 Å². The highest BCUT2D eigenvalue weighted by molar-refractivity contribution is 5.99. The monoisotopic (exact) mass is 238 g/mol. The molecule has 5 heteroatoms. The van der Waals surface area contributed by atoms with Crippen molar-refractivity contribution in [2.75, 3.05) is 26.5 Å². The van der Waals surface area contributed by atoms with E-state index in [1.54, 1.807) is 32.4 Å². The standard InChI is InChI=1S/C12H18N2O3/c1-8(16-2)7-14-12(15)10-5-4-9(17-3)6-11(10)13/h4-6,8H,7,13H2,1-3H3,(H,14,15). The Balaban J connectivity index is 2.69. The van der Waals surface area contributed by atoms with Crippen LogP contribution in [0.1, 0.15) is 17.3 Å². The van der Waals surface area contributed by atoms with Crippen molar-refractivity contribution in [1.29, 1.82) is 0 Å². The summed E-state index contributed by atoms with van der Waals surface area (Å²) in [7, 11) is 3.15. The second kappa shape index (κ2) is 6.10. The van der Waals surface area contributed by atoms with Crippen LogP contribution >= 0.6 is 0 Å². The van der Waals surface area contributed by atoms with Crippen LogP contribution in [-0.4, -0.2) is 32.8 Å². The second-order valence-electron chi connectivity index (χ2n) is 3.71. The Morgan fingerprint density at radius 2 is 2.18 bits per heavy atom. The summed E-state index contributed by atoms with van der Waals surface area (Å²) in [5.74, 6) is 0.415. The number of nitrogens with one attached hydrogen (secondary N) is 1. The van der Waals surface area contributed by atoms with E-state index in [-0.39, 0.29) is 12.0 Å². The molecule has 0 saturated heterocycles. The molecule has 3 N–H and O–H groups in total. The fraction of sp³-hybridized carbons (Fsp3) is 0.417. The zero-order valence-electron chi connectivity index (χ0n) is 10.3. The van der Waals surface area contributed by atoms with Crippen LogP contribution in [0.3, 0.4) is 0 Å². The van der Waals surface area contributed by atoms with Gasteiger partial charge in [0.1, 0.15) is 5.75 Å². The van der Waals surface area contributed by atoms with Crippen LogP contribution in [0.2, 0.25) is 0 Å². The molecule has 0 aliphatic rings. The SMILES string of the molecule is COc1ccc(C(=O)NCC(C)OC)c(N)c1. The molecule has 1 rings (SSSR count). The van der Waals surface area contributed by atoms with Crippen molar-refractivity contribution in [1.82, 2.24) is 5.32 Å². The molecule has 0 heterocycles. The van der Waals surface area contributed by atoms with Gasteiger partial charge in [-0.25, -0.2) is 0 Å². The number of carbonyl (C=O) groups is 1. The highest BCUT2D eigenvalue weighted by atomic mass is 16.5. The van der Waals surface area contributed by atoms with Crippen LogP contribution in [0, 0.1) is 0 Å². The number of amides is 1. The summed E-state index contributed by atoms with van der Waals surface area (Å²) in [6.45, 7) is 2.32. The molecule has 0 aliphatic heterocycles. The topological polar surface area (TPSA) is 73.6 Å². The van der Waals surface area contributed by atoms with Gasteiger partial charge in [0.25, 0.3) is 5.91 Å². The van der Waals surface area contributed by atoms with Crippen LogP contribution in [0.5, 0.6) is 5.75 Å². The maximum Gasteiger partial charge on any atom is 0.253 e. The minimum atomic E-state index is -0.214. The Kier molecular flexibility index (Phi) is 4.78. The predicted octanol–water partition coefficient (Wildman–Crippen LogP) is 1.04. The molecule has 5 nitrogen and oxygen atoms in total. The van der Waals surface area contributed by atoms with Gasteiger partial charge in [0.2, 0.25) is 0 Å². The predicted molar refractivity (Wildman–Crippen MR) is 66.2 cm³/mol. The molecule has 94 valence electrons. The molecule has 0 aliphatic carbocycles. The van der Waals surface area contributed by atoms with Crippen molar-refractivity contribution < 1.29 is 14.3 Å². The molecule has 1 amide bonds. The van der Waals surface area contributed by atoms with Crippen molar-refractivity contribution >= 4 is 11.6 Å². The molecule has 0 saturated carbocycles. The lowest BCUT2D eigenvalue weighted by molar-refractivity contribution is 0.0871. The maximum absolute atomic E-state index is 11.8. The molecule has 1 aromatic rings. The van der Waals surface area contributed by atoms with E-state index in [0.29, 0.717) is 23.5 Å². The number of nitrogens with two attached hydrogens (primary N) is 1. The van der Waals surface area contributed by atoms with Crippen molar-refractivity contribution in [3.05, 3.63) is 23.8 Å². The lowest BCUT2D eigenvalue weighted by Crippen LogP contribution is -2.31. The molecule has 1 unspecified atom stereocenters. The number of methoxy groups -OCH3 is 2. The van der Waals surface area contributed by atoms with Gasteiger partial charge in [-0.1, -0.05) is 0 Å². The Labute approximate surface area is 101 Å². The van der Waals surface area contributed by atoms with E-state index < -0.39 is 0 Å². The lowest BCUT2D eigenvalue weighted by atomic mass is 10.1. The molecule has 0 bridgehead atoms. The van der Waals surface area contributed by atoms with E-state index in [4.69, 9.17) is 15.2 Å². The van der Waals surface area contributed by atoms with E-state index in [1.165, 1.54) is 0 Å². The Morgan fingerprint density at radius 3 is 2.71 bits per heavy atom. The van der Waals surface area contributed by atoms with E-state index in [0.717, 1.165) is 0 Å². The van der Waals surface area contributed by atoms with Gasteiger partial charge in [0.15, 0.2) is 0 Å². The summed E-state index contributed by atoms with van der Waals surface area (Å²) < 4.78 is 10.1. The highest BCUT2D eigenvalue weighted by Gasteiger charge is 2.11. The summed E-state index contributed by atoms with van der Waals surface area (Å²) in [5.41, 5.74) is 6.60. The van der Waals surface area contributed by atoms with Crippen LogP contribution in [0.15, 0.2) is 18.2 Å². The number of rotatable bonds is 5.